The van der Waals surface area contributed by atoms with Crippen molar-refractivity contribution in [3.8, 4) is 5.75 Å². The number of aromatic nitrogens is 1. The molecule has 1 heterocycles. The van der Waals surface area contributed by atoms with Gasteiger partial charge in [-0.15, -0.1) is 0 Å². The Bertz CT molecular complexity index is 573. The SMILES string of the molecule is CC.COc1cc(F)c2c(c1)cc(C)n2C(C)=O. The third-order valence-electron chi connectivity index (χ3n) is 2.56. The number of methoxy groups -OCH3 is 1. The van der Waals surface area contributed by atoms with Crippen molar-refractivity contribution >= 4 is 16.8 Å². The molecular formula is C14H18FNO2. The Hall–Kier alpha value is -1.84. The van der Waals surface area contributed by atoms with E-state index in [-0.39, 0.29) is 5.91 Å². The summed E-state index contributed by atoms with van der Waals surface area (Å²) in [6, 6.07) is 4.76. The third kappa shape index (κ3) is 2.37. The summed E-state index contributed by atoms with van der Waals surface area (Å²) in [7, 11) is 1.48. The Morgan fingerprint density at radius 2 is 1.89 bits per heavy atom. The maximum Gasteiger partial charge on any atom is 0.228 e. The predicted molar refractivity (Wildman–Crippen MR) is 70.8 cm³/mol. The number of fused-ring (bicyclic) bond motifs is 1. The third-order valence-corrected chi connectivity index (χ3v) is 2.56. The van der Waals surface area contributed by atoms with Gasteiger partial charge in [0.15, 0.2) is 5.82 Å². The average molecular weight is 251 g/mol. The van der Waals surface area contributed by atoms with Gasteiger partial charge in [-0.05, 0) is 19.1 Å². The molecule has 0 aliphatic rings. The van der Waals surface area contributed by atoms with E-state index >= 15 is 0 Å². The van der Waals surface area contributed by atoms with Crippen molar-refractivity contribution in [3.05, 3.63) is 29.7 Å². The summed E-state index contributed by atoms with van der Waals surface area (Å²) >= 11 is 0. The van der Waals surface area contributed by atoms with E-state index in [0.717, 1.165) is 5.69 Å². The fourth-order valence-corrected chi connectivity index (χ4v) is 1.93. The molecule has 3 nitrogen and oxygen atoms in total. The molecular weight excluding hydrogens is 233 g/mol. The summed E-state index contributed by atoms with van der Waals surface area (Å²) in [4.78, 5) is 11.4. The van der Waals surface area contributed by atoms with Crippen LogP contribution in [0, 0.1) is 12.7 Å². The largest absolute Gasteiger partial charge is 0.497 e. The van der Waals surface area contributed by atoms with E-state index < -0.39 is 5.82 Å². The Balaban J connectivity index is 0.000000771. The topological polar surface area (TPSA) is 31.2 Å². The van der Waals surface area contributed by atoms with Gasteiger partial charge < -0.3 is 4.74 Å². The summed E-state index contributed by atoms with van der Waals surface area (Å²) in [6.07, 6.45) is 0. The van der Waals surface area contributed by atoms with Gasteiger partial charge in [0.1, 0.15) is 5.75 Å². The molecule has 0 fully saturated rings. The number of rotatable bonds is 1. The number of carbonyl (C=O) groups is 1. The Morgan fingerprint density at radius 1 is 1.28 bits per heavy atom. The molecule has 0 N–H and O–H groups in total. The number of carbonyl (C=O) groups excluding carboxylic acids is 1. The molecule has 0 saturated heterocycles. The van der Waals surface area contributed by atoms with Gasteiger partial charge in [-0.25, -0.2) is 4.39 Å². The standard InChI is InChI=1S/C12H12FNO2.C2H6/c1-7-4-9-5-10(16-3)6-11(13)12(9)14(7)8(2)15;1-2/h4-6H,1-3H3;1-2H3. The predicted octanol–water partition coefficient (Wildman–Crippen LogP) is 3.78. The molecule has 18 heavy (non-hydrogen) atoms. The Morgan fingerprint density at radius 3 is 2.39 bits per heavy atom. The monoisotopic (exact) mass is 251 g/mol. The molecule has 4 heteroatoms. The first-order valence-corrected chi connectivity index (χ1v) is 5.91. The highest BCUT2D eigenvalue weighted by Gasteiger charge is 2.14. The van der Waals surface area contributed by atoms with E-state index in [1.807, 2.05) is 13.8 Å². The van der Waals surface area contributed by atoms with Gasteiger partial charge in [-0.3, -0.25) is 9.36 Å². The van der Waals surface area contributed by atoms with E-state index in [9.17, 15) is 9.18 Å². The maximum atomic E-state index is 13.8. The maximum absolute atomic E-state index is 13.8. The zero-order chi connectivity index (χ0) is 13.9. The van der Waals surface area contributed by atoms with E-state index in [1.165, 1.54) is 24.7 Å². The second-order valence-electron chi connectivity index (χ2n) is 3.69. The molecule has 0 saturated carbocycles. The lowest BCUT2D eigenvalue weighted by Crippen LogP contribution is -2.07. The second-order valence-corrected chi connectivity index (χ2v) is 3.69. The van der Waals surface area contributed by atoms with Crippen molar-refractivity contribution < 1.29 is 13.9 Å². The zero-order valence-corrected chi connectivity index (χ0v) is 11.4. The summed E-state index contributed by atoms with van der Waals surface area (Å²) in [5, 5.41) is 0.671. The van der Waals surface area contributed by atoms with Crippen LogP contribution in [0.1, 0.15) is 31.3 Å². The number of ether oxygens (including phenoxy) is 1. The molecule has 1 aromatic heterocycles. The highest BCUT2D eigenvalue weighted by atomic mass is 19.1. The van der Waals surface area contributed by atoms with Crippen LogP contribution in [0.5, 0.6) is 5.75 Å². The molecule has 0 amide bonds. The lowest BCUT2D eigenvalue weighted by Gasteiger charge is -2.05. The number of nitrogens with zero attached hydrogens (tertiary/aromatic N) is 1. The number of aryl methyl sites for hydroxylation is 1. The van der Waals surface area contributed by atoms with Gasteiger partial charge in [-0.1, -0.05) is 13.8 Å². The van der Waals surface area contributed by atoms with Crippen molar-refractivity contribution in [3.63, 3.8) is 0 Å². The molecule has 2 aromatic rings. The number of hydrogen-bond donors (Lipinski definition) is 0. The van der Waals surface area contributed by atoms with E-state index in [0.29, 0.717) is 16.7 Å². The summed E-state index contributed by atoms with van der Waals surface area (Å²) in [5.41, 5.74) is 1.03. The highest BCUT2D eigenvalue weighted by molar-refractivity contribution is 5.93. The van der Waals surface area contributed by atoms with Gasteiger partial charge in [0.25, 0.3) is 0 Å². The average Bonchev–Trinajstić information content (AvgIpc) is 2.68. The minimum Gasteiger partial charge on any atom is -0.497 e. The first-order chi connectivity index (χ1) is 8.54. The summed E-state index contributed by atoms with van der Waals surface area (Å²) < 4.78 is 20.2. The van der Waals surface area contributed by atoms with Crippen LogP contribution in [0.15, 0.2) is 18.2 Å². The zero-order valence-electron chi connectivity index (χ0n) is 11.4. The van der Waals surface area contributed by atoms with Gasteiger partial charge in [0.2, 0.25) is 5.91 Å². The summed E-state index contributed by atoms with van der Waals surface area (Å²) in [5.74, 6) is -0.195. The van der Waals surface area contributed by atoms with E-state index in [4.69, 9.17) is 4.74 Å². The van der Waals surface area contributed by atoms with Gasteiger partial charge >= 0.3 is 0 Å². The fourth-order valence-electron chi connectivity index (χ4n) is 1.93. The number of benzene rings is 1. The molecule has 0 aliphatic heterocycles. The van der Waals surface area contributed by atoms with Crippen LogP contribution >= 0.6 is 0 Å². The van der Waals surface area contributed by atoms with Crippen LogP contribution in [-0.4, -0.2) is 17.6 Å². The normalized spacial score (nSPS) is 9.89. The molecule has 0 atom stereocenters. The van der Waals surface area contributed by atoms with Gasteiger partial charge in [0.05, 0.1) is 12.6 Å². The fraction of sp³-hybridized carbons (Fsp3) is 0.357. The lowest BCUT2D eigenvalue weighted by molar-refractivity contribution is 0.0939. The van der Waals surface area contributed by atoms with Crippen LogP contribution in [0.2, 0.25) is 0 Å². The minimum absolute atomic E-state index is 0.198. The summed E-state index contributed by atoms with van der Waals surface area (Å²) in [6.45, 7) is 7.18. The van der Waals surface area contributed by atoms with E-state index in [1.54, 1.807) is 19.1 Å². The van der Waals surface area contributed by atoms with E-state index in [2.05, 4.69) is 0 Å². The van der Waals surface area contributed by atoms with Crippen molar-refractivity contribution in [1.29, 1.82) is 0 Å². The smallest absolute Gasteiger partial charge is 0.228 e. The quantitative estimate of drug-likeness (QED) is 0.772. The molecule has 2 rings (SSSR count). The molecule has 98 valence electrons. The van der Waals surface area contributed by atoms with Crippen molar-refractivity contribution in [1.82, 2.24) is 4.57 Å². The number of hydrogen-bond acceptors (Lipinski definition) is 2. The molecule has 0 unspecified atom stereocenters. The molecule has 0 aliphatic carbocycles. The van der Waals surface area contributed by atoms with Crippen LogP contribution in [0.4, 0.5) is 4.39 Å². The molecule has 1 aromatic carbocycles. The second kappa shape index (κ2) is 5.67. The molecule has 0 bridgehead atoms. The first-order valence-electron chi connectivity index (χ1n) is 5.91. The van der Waals surface area contributed by atoms with Gasteiger partial charge in [0, 0.05) is 24.1 Å². The van der Waals surface area contributed by atoms with Crippen LogP contribution in [0.25, 0.3) is 10.9 Å². The van der Waals surface area contributed by atoms with Gasteiger partial charge in [-0.2, -0.15) is 0 Å². The first kappa shape index (κ1) is 14.2. The van der Waals surface area contributed by atoms with Crippen molar-refractivity contribution in [2.24, 2.45) is 0 Å². The van der Waals surface area contributed by atoms with Crippen LogP contribution in [-0.2, 0) is 0 Å². The van der Waals surface area contributed by atoms with Crippen molar-refractivity contribution in [2.75, 3.05) is 7.11 Å². The minimum atomic E-state index is -0.447. The van der Waals surface area contributed by atoms with Crippen molar-refractivity contribution in [2.45, 2.75) is 27.7 Å². The lowest BCUT2D eigenvalue weighted by atomic mass is 10.2. The Kier molecular flexibility index (Phi) is 4.48. The molecule has 0 radical (unpaired) electrons. The van der Waals surface area contributed by atoms with Crippen LogP contribution in [0.3, 0.4) is 0 Å². The number of halogens is 1. The molecule has 0 spiro atoms. The Labute approximate surface area is 106 Å². The van der Waals surface area contributed by atoms with Crippen LogP contribution < -0.4 is 4.74 Å². The highest BCUT2D eigenvalue weighted by Crippen LogP contribution is 2.27.